The van der Waals surface area contributed by atoms with Crippen molar-refractivity contribution >= 4 is 22.2 Å². The van der Waals surface area contributed by atoms with Gasteiger partial charge in [-0.3, -0.25) is 14.5 Å². The molecule has 0 saturated carbocycles. The van der Waals surface area contributed by atoms with Gasteiger partial charge in [-0.1, -0.05) is 30.3 Å². The van der Waals surface area contributed by atoms with Gasteiger partial charge in [-0.15, -0.1) is 0 Å². The summed E-state index contributed by atoms with van der Waals surface area (Å²) in [6.07, 6.45) is 3.38. The highest BCUT2D eigenvalue weighted by molar-refractivity contribution is 5.93. The number of aromatic amines is 1. The van der Waals surface area contributed by atoms with Gasteiger partial charge >= 0.3 is 5.69 Å². The largest absolute Gasteiger partial charge is 0.329 e. The van der Waals surface area contributed by atoms with Crippen LogP contribution in [0.4, 0.5) is 4.39 Å². The summed E-state index contributed by atoms with van der Waals surface area (Å²) in [5, 5.41) is 0.950. The smallest absolute Gasteiger partial charge is 0.289 e. The maximum Gasteiger partial charge on any atom is 0.329 e. The van der Waals surface area contributed by atoms with Crippen molar-refractivity contribution in [1.82, 2.24) is 24.5 Å². The maximum absolute atomic E-state index is 13.7. The fraction of sp³-hybridized carbons (Fsp3) is 0.0909. The van der Waals surface area contributed by atoms with Gasteiger partial charge < -0.3 is 0 Å². The average molecular weight is 385 g/mol. The summed E-state index contributed by atoms with van der Waals surface area (Å²) in [6.45, 7) is 1.83. The number of hydrogen-bond donors (Lipinski definition) is 1. The van der Waals surface area contributed by atoms with Gasteiger partial charge in [0, 0.05) is 17.1 Å². The van der Waals surface area contributed by atoms with Gasteiger partial charge in [0.25, 0.3) is 0 Å². The van der Waals surface area contributed by atoms with Crippen LogP contribution in [0.1, 0.15) is 18.5 Å². The van der Waals surface area contributed by atoms with Crippen LogP contribution in [0.2, 0.25) is 0 Å². The zero-order chi connectivity index (χ0) is 20.0. The molecule has 5 aromatic rings. The molecule has 7 heteroatoms. The second-order valence-electron chi connectivity index (χ2n) is 6.83. The number of hydrogen-bond acceptors (Lipinski definition) is 4. The molecule has 0 aliphatic heterocycles. The Morgan fingerprint density at radius 2 is 1.93 bits per heavy atom. The van der Waals surface area contributed by atoms with E-state index in [1.807, 2.05) is 37.3 Å². The zero-order valence-electron chi connectivity index (χ0n) is 15.5. The molecule has 1 N–H and O–H groups in total. The molecule has 3 aromatic heterocycles. The first-order chi connectivity index (χ1) is 14.1. The molecule has 1 unspecified atom stereocenters. The van der Waals surface area contributed by atoms with E-state index < -0.39 is 6.04 Å². The predicted molar refractivity (Wildman–Crippen MR) is 109 cm³/mol. The van der Waals surface area contributed by atoms with E-state index in [4.69, 9.17) is 4.98 Å². The number of aromatic nitrogens is 5. The Hall–Kier alpha value is -3.87. The summed E-state index contributed by atoms with van der Waals surface area (Å²) in [5.74, 6) is -0.350. The fourth-order valence-electron chi connectivity index (χ4n) is 3.62. The SMILES string of the molecule is CC(c1cccc(F)c1)n1c(=O)[nH]c2ncc(-c3cccc4ncccc34)nc21. The molecule has 0 radical (unpaired) electrons. The molecular formula is C22H16FN5O. The van der Waals surface area contributed by atoms with Crippen LogP contribution in [-0.4, -0.2) is 24.5 Å². The van der Waals surface area contributed by atoms with Crippen molar-refractivity contribution in [2.45, 2.75) is 13.0 Å². The first kappa shape index (κ1) is 17.2. The van der Waals surface area contributed by atoms with Crippen molar-refractivity contribution in [2.75, 3.05) is 0 Å². The average Bonchev–Trinajstić information content (AvgIpc) is 3.07. The Kier molecular flexibility index (Phi) is 3.94. The lowest BCUT2D eigenvalue weighted by atomic mass is 10.1. The summed E-state index contributed by atoms with van der Waals surface area (Å²) >= 11 is 0. The third kappa shape index (κ3) is 2.87. The van der Waals surface area contributed by atoms with E-state index in [9.17, 15) is 9.18 Å². The van der Waals surface area contributed by atoms with Crippen molar-refractivity contribution < 1.29 is 4.39 Å². The Morgan fingerprint density at radius 3 is 2.79 bits per heavy atom. The lowest BCUT2D eigenvalue weighted by Crippen LogP contribution is -2.21. The monoisotopic (exact) mass is 385 g/mol. The van der Waals surface area contributed by atoms with E-state index >= 15 is 0 Å². The quantitative estimate of drug-likeness (QED) is 0.508. The number of benzene rings is 2. The number of nitrogens with one attached hydrogen (secondary N) is 1. The van der Waals surface area contributed by atoms with E-state index in [-0.39, 0.29) is 11.5 Å². The van der Waals surface area contributed by atoms with Gasteiger partial charge in [0.15, 0.2) is 11.3 Å². The van der Waals surface area contributed by atoms with Crippen molar-refractivity contribution in [3.63, 3.8) is 0 Å². The number of pyridine rings is 1. The molecule has 0 aliphatic rings. The molecule has 0 aliphatic carbocycles. The normalized spacial score (nSPS) is 12.5. The molecule has 0 amide bonds. The van der Waals surface area contributed by atoms with Crippen LogP contribution in [0, 0.1) is 5.82 Å². The number of fused-ring (bicyclic) bond motifs is 2. The van der Waals surface area contributed by atoms with Gasteiger partial charge in [0.1, 0.15) is 5.82 Å². The number of H-pyrrole nitrogens is 1. The van der Waals surface area contributed by atoms with Crippen LogP contribution < -0.4 is 5.69 Å². The van der Waals surface area contributed by atoms with E-state index in [1.54, 1.807) is 24.5 Å². The van der Waals surface area contributed by atoms with Crippen molar-refractivity contribution in [3.05, 3.63) is 88.9 Å². The summed E-state index contributed by atoms with van der Waals surface area (Å²) in [7, 11) is 0. The fourth-order valence-corrected chi connectivity index (χ4v) is 3.62. The highest BCUT2D eigenvalue weighted by atomic mass is 19.1. The minimum absolute atomic E-state index is 0.339. The van der Waals surface area contributed by atoms with E-state index in [0.717, 1.165) is 16.5 Å². The van der Waals surface area contributed by atoms with Crippen LogP contribution in [-0.2, 0) is 0 Å². The lowest BCUT2D eigenvalue weighted by molar-refractivity contribution is 0.601. The van der Waals surface area contributed by atoms with Crippen LogP contribution >= 0.6 is 0 Å². The van der Waals surface area contributed by atoms with Crippen molar-refractivity contribution in [3.8, 4) is 11.3 Å². The predicted octanol–water partition coefficient (Wildman–Crippen LogP) is 4.08. The molecular weight excluding hydrogens is 369 g/mol. The van der Waals surface area contributed by atoms with Gasteiger partial charge in [-0.25, -0.2) is 19.2 Å². The Balaban J connectivity index is 1.71. The van der Waals surface area contributed by atoms with Crippen LogP contribution in [0.25, 0.3) is 33.5 Å². The van der Waals surface area contributed by atoms with Crippen molar-refractivity contribution in [1.29, 1.82) is 0 Å². The van der Waals surface area contributed by atoms with Crippen LogP contribution in [0.3, 0.4) is 0 Å². The third-order valence-corrected chi connectivity index (χ3v) is 5.07. The molecule has 3 heterocycles. The molecule has 0 bridgehead atoms. The molecule has 0 saturated heterocycles. The molecule has 1 atom stereocenters. The number of imidazole rings is 1. The minimum Gasteiger partial charge on any atom is -0.289 e. The van der Waals surface area contributed by atoms with Crippen LogP contribution in [0.15, 0.2) is 71.8 Å². The van der Waals surface area contributed by atoms with Gasteiger partial charge in [-0.2, -0.15) is 0 Å². The van der Waals surface area contributed by atoms with E-state index in [2.05, 4.69) is 15.0 Å². The van der Waals surface area contributed by atoms with Gasteiger partial charge in [-0.05, 0) is 36.8 Å². The summed E-state index contributed by atoms with van der Waals surface area (Å²) in [5.41, 5.74) is 3.51. The lowest BCUT2D eigenvalue weighted by Gasteiger charge is -2.14. The number of rotatable bonds is 3. The highest BCUT2D eigenvalue weighted by Crippen LogP contribution is 2.27. The van der Waals surface area contributed by atoms with Crippen molar-refractivity contribution in [2.24, 2.45) is 0 Å². The summed E-state index contributed by atoms with van der Waals surface area (Å²) in [4.78, 5) is 28.9. The Morgan fingerprint density at radius 1 is 1.07 bits per heavy atom. The molecule has 6 nitrogen and oxygen atoms in total. The van der Waals surface area contributed by atoms with E-state index in [1.165, 1.54) is 16.7 Å². The van der Waals surface area contributed by atoms with Gasteiger partial charge in [0.05, 0.1) is 23.4 Å². The molecule has 2 aromatic carbocycles. The summed E-state index contributed by atoms with van der Waals surface area (Å²) in [6, 6.07) is 15.4. The zero-order valence-corrected chi connectivity index (χ0v) is 15.5. The summed E-state index contributed by atoms with van der Waals surface area (Å²) < 4.78 is 15.2. The topological polar surface area (TPSA) is 76.5 Å². The Labute approximate surface area is 164 Å². The number of nitrogens with zero attached hydrogens (tertiary/aromatic N) is 4. The molecule has 5 rings (SSSR count). The standard InChI is InChI=1S/C22H16FN5O/c1-13(14-5-2-6-15(23)11-14)28-21-20(27-22(28)29)25-12-19(26-21)17-7-3-9-18-16(17)8-4-10-24-18/h2-13H,1H3,(H,25,27,29). The first-order valence-electron chi connectivity index (χ1n) is 9.18. The van der Waals surface area contributed by atoms with Gasteiger partial charge in [0.2, 0.25) is 0 Å². The first-order valence-corrected chi connectivity index (χ1v) is 9.18. The van der Waals surface area contributed by atoms with Crippen LogP contribution in [0.5, 0.6) is 0 Å². The highest BCUT2D eigenvalue weighted by Gasteiger charge is 2.18. The molecule has 0 fully saturated rings. The third-order valence-electron chi connectivity index (χ3n) is 5.07. The Bertz CT molecular complexity index is 1420. The molecule has 0 spiro atoms. The second-order valence-corrected chi connectivity index (χ2v) is 6.83. The number of halogens is 1. The second kappa shape index (κ2) is 6.63. The maximum atomic E-state index is 13.7. The van der Waals surface area contributed by atoms with E-state index in [0.29, 0.717) is 22.6 Å². The minimum atomic E-state index is -0.411. The molecule has 29 heavy (non-hydrogen) atoms. The molecule has 142 valence electrons.